The van der Waals surface area contributed by atoms with E-state index in [0.29, 0.717) is 6.04 Å². The number of nitrogens with one attached hydrogen (secondary N) is 1. The highest BCUT2D eigenvalue weighted by atomic mass is 16.5. The van der Waals surface area contributed by atoms with Crippen LogP contribution in [0.15, 0.2) is 18.2 Å². The van der Waals surface area contributed by atoms with E-state index >= 15 is 0 Å². The minimum atomic E-state index is -0.0788. The molecule has 0 fully saturated rings. The van der Waals surface area contributed by atoms with E-state index in [1.165, 1.54) is 24.0 Å². The summed E-state index contributed by atoms with van der Waals surface area (Å²) in [5.41, 5.74) is 2.66. The van der Waals surface area contributed by atoms with Gasteiger partial charge in [-0.1, -0.05) is 32.4 Å². The van der Waals surface area contributed by atoms with Gasteiger partial charge in [-0.2, -0.15) is 0 Å². The molecular formula is C17H27NO. The van der Waals surface area contributed by atoms with Gasteiger partial charge in [-0.15, -0.1) is 0 Å². The van der Waals surface area contributed by atoms with Crippen LogP contribution < -0.4 is 10.1 Å². The van der Waals surface area contributed by atoms with Crippen molar-refractivity contribution in [2.45, 2.75) is 65.0 Å². The minimum absolute atomic E-state index is 0.0788. The smallest absolute Gasteiger partial charge is 0.124 e. The van der Waals surface area contributed by atoms with E-state index in [9.17, 15) is 0 Å². The summed E-state index contributed by atoms with van der Waals surface area (Å²) in [4.78, 5) is 0. The Bertz CT molecular complexity index is 425. The molecule has 1 aromatic carbocycles. The predicted molar refractivity (Wildman–Crippen MR) is 80.8 cm³/mol. The number of aryl methyl sites for hydroxylation is 1. The first-order chi connectivity index (χ1) is 9.05. The molecule has 19 heavy (non-hydrogen) atoms. The largest absolute Gasteiger partial charge is 0.487 e. The number of hydrogen-bond acceptors (Lipinski definition) is 2. The number of unbranched alkanes of at least 4 members (excludes halogenated alkanes) is 1. The second-order valence-electron chi connectivity index (χ2n) is 6.15. The van der Waals surface area contributed by atoms with E-state index in [4.69, 9.17) is 4.74 Å². The second kappa shape index (κ2) is 5.96. The lowest BCUT2D eigenvalue weighted by Gasteiger charge is -2.38. The lowest BCUT2D eigenvalue weighted by Crippen LogP contribution is -2.39. The molecule has 1 unspecified atom stereocenters. The third kappa shape index (κ3) is 3.50. The number of fused-ring (bicyclic) bond motifs is 1. The number of hydrogen-bond donors (Lipinski definition) is 1. The zero-order valence-electron chi connectivity index (χ0n) is 12.8. The van der Waals surface area contributed by atoms with Gasteiger partial charge in [-0.05, 0) is 44.9 Å². The van der Waals surface area contributed by atoms with Gasteiger partial charge in [0, 0.05) is 18.0 Å². The van der Waals surface area contributed by atoms with E-state index in [0.717, 1.165) is 25.1 Å². The van der Waals surface area contributed by atoms with Crippen molar-refractivity contribution in [1.82, 2.24) is 5.32 Å². The zero-order valence-corrected chi connectivity index (χ0v) is 12.8. The highest BCUT2D eigenvalue weighted by molar-refractivity contribution is 5.41. The van der Waals surface area contributed by atoms with Crippen molar-refractivity contribution in [2.24, 2.45) is 0 Å². The van der Waals surface area contributed by atoms with Crippen molar-refractivity contribution >= 4 is 0 Å². The molecule has 1 aliphatic heterocycles. The molecule has 1 aliphatic rings. The molecule has 0 saturated carbocycles. The Morgan fingerprint density at radius 3 is 2.79 bits per heavy atom. The summed E-state index contributed by atoms with van der Waals surface area (Å²) < 4.78 is 6.12. The molecule has 2 nitrogen and oxygen atoms in total. The molecule has 0 amide bonds. The van der Waals surface area contributed by atoms with E-state index in [-0.39, 0.29) is 5.60 Å². The fourth-order valence-corrected chi connectivity index (χ4v) is 2.76. The number of benzene rings is 1. The van der Waals surface area contributed by atoms with E-state index in [1.54, 1.807) is 0 Å². The second-order valence-corrected chi connectivity index (χ2v) is 6.15. The highest BCUT2D eigenvalue weighted by Crippen LogP contribution is 2.39. The van der Waals surface area contributed by atoms with Gasteiger partial charge in [0.1, 0.15) is 11.4 Å². The first-order valence-electron chi connectivity index (χ1n) is 7.61. The number of rotatable bonds is 5. The molecule has 0 radical (unpaired) electrons. The molecule has 1 aromatic rings. The van der Waals surface area contributed by atoms with Crippen molar-refractivity contribution < 1.29 is 4.74 Å². The summed E-state index contributed by atoms with van der Waals surface area (Å²) in [5, 5.41) is 3.71. The molecule has 0 aromatic heterocycles. The average molecular weight is 261 g/mol. The molecule has 0 aliphatic carbocycles. The normalized spacial score (nSPS) is 20.7. The van der Waals surface area contributed by atoms with Crippen LogP contribution in [0.1, 0.15) is 64.1 Å². The van der Waals surface area contributed by atoms with Crippen LogP contribution in [0.4, 0.5) is 0 Å². The SMILES string of the molecule is CCCCNC1CC(C)(C)Oc2ccc(CC)cc21. The van der Waals surface area contributed by atoms with Gasteiger partial charge in [0.2, 0.25) is 0 Å². The Kier molecular flexibility index (Phi) is 4.51. The Morgan fingerprint density at radius 2 is 2.11 bits per heavy atom. The molecule has 0 spiro atoms. The van der Waals surface area contributed by atoms with Crippen LogP contribution in [0, 0.1) is 0 Å². The first-order valence-corrected chi connectivity index (χ1v) is 7.61. The van der Waals surface area contributed by atoms with Crippen LogP contribution in [0.5, 0.6) is 5.75 Å². The van der Waals surface area contributed by atoms with Crippen molar-refractivity contribution in [3.8, 4) is 5.75 Å². The van der Waals surface area contributed by atoms with Crippen molar-refractivity contribution in [3.63, 3.8) is 0 Å². The third-order valence-electron chi connectivity index (χ3n) is 3.86. The molecule has 106 valence electrons. The Labute approximate surface area is 117 Å². The zero-order chi connectivity index (χ0) is 13.9. The fourth-order valence-electron chi connectivity index (χ4n) is 2.76. The Balaban J connectivity index is 2.23. The monoisotopic (exact) mass is 261 g/mol. The lowest BCUT2D eigenvalue weighted by atomic mass is 9.88. The minimum Gasteiger partial charge on any atom is -0.487 e. The Hall–Kier alpha value is -1.02. The topological polar surface area (TPSA) is 21.3 Å². The van der Waals surface area contributed by atoms with Gasteiger partial charge in [0.25, 0.3) is 0 Å². The quantitative estimate of drug-likeness (QED) is 0.800. The van der Waals surface area contributed by atoms with Crippen LogP contribution >= 0.6 is 0 Å². The average Bonchev–Trinajstić information content (AvgIpc) is 2.37. The van der Waals surface area contributed by atoms with Crippen LogP contribution in [-0.4, -0.2) is 12.1 Å². The summed E-state index contributed by atoms with van der Waals surface area (Å²) in [6.45, 7) is 9.89. The predicted octanol–water partition coefficient (Wildman–Crippen LogP) is 4.24. The van der Waals surface area contributed by atoms with Crippen LogP contribution in [0.25, 0.3) is 0 Å². The van der Waals surface area contributed by atoms with E-state index in [2.05, 4.69) is 51.2 Å². The summed E-state index contributed by atoms with van der Waals surface area (Å²) in [6, 6.07) is 7.07. The van der Waals surface area contributed by atoms with Crippen LogP contribution in [-0.2, 0) is 6.42 Å². The molecule has 1 heterocycles. The molecule has 0 saturated heterocycles. The van der Waals surface area contributed by atoms with Gasteiger partial charge >= 0.3 is 0 Å². The van der Waals surface area contributed by atoms with Gasteiger partial charge in [0.15, 0.2) is 0 Å². The maximum Gasteiger partial charge on any atom is 0.124 e. The van der Waals surface area contributed by atoms with E-state index < -0.39 is 0 Å². The molecular weight excluding hydrogens is 234 g/mol. The lowest BCUT2D eigenvalue weighted by molar-refractivity contribution is 0.0660. The van der Waals surface area contributed by atoms with Crippen molar-refractivity contribution in [2.75, 3.05) is 6.54 Å². The maximum atomic E-state index is 6.12. The first kappa shape index (κ1) is 14.4. The van der Waals surface area contributed by atoms with Gasteiger partial charge in [0.05, 0.1) is 0 Å². The van der Waals surface area contributed by atoms with Gasteiger partial charge < -0.3 is 10.1 Å². The molecule has 0 bridgehead atoms. The molecule has 2 heteroatoms. The summed E-state index contributed by atoms with van der Waals surface area (Å²) >= 11 is 0. The maximum absolute atomic E-state index is 6.12. The van der Waals surface area contributed by atoms with Gasteiger partial charge in [-0.3, -0.25) is 0 Å². The van der Waals surface area contributed by atoms with Crippen LogP contribution in [0.2, 0.25) is 0 Å². The fraction of sp³-hybridized carbons (Fsp3) is 0.647. The summed E-state index contributed by atoms with van der Waals surface area (Å²) in [7, 11) is 0. The standard InChI is InChI=1S/C17H27NO/c1-5-7-10-18-15-12-17(3,4)19-16-9-8-13(6-2)11-14(15)16/h8-9,11,15,18H,5-7,10,12H2,1-4H3. The van der Waals surface area contributed by atoms with Crippen LogP contribution in [0.3, 0.4) is 0 Å². The molecule has 1 atom stereocenters. The summed E-state index contributed by atoms with van der Waals surface area (Å²) in [5.74, 6) is 1.06. The Morgan fingerprint density at radius 1 is 1.32 bits per heavy atom. The van der Waals surface area contributed by atoms with E-state index in [1.807, 2.05) is 0 Å². The third-order valence-corrected chi connectivity index (χ3v) is 3.86. The number of ether oxygens (including phenoxy) is 1. The molecule has 1 N–H and O–H groups in total. The van der Waals surface area contributed by atoms with Crippen molar-refractivity contribution in [3.05, 3.63) is 29.3 Å². The molecule has 2 rings (SSSR count). The summed E-state index contributed by atoms with van der Waals surface area (Å²) in [6.07, 6.45) is 4.59. The highest BCUT2D eigenvalue weighted by Gasteiger charge is 2.33. The van der Waals surface area contributed by atoms with Crippen molar-refractivity contribution in [1.29, 1.82) is 0 Å². The van der Waals surface area contributed by atoms with Gasteiger partial charge in [-0.25, -0.2) is 0 Å².